The van der Waals surface area contributed by atoms with Crippen LogP contribution in [0.2, 0.25) is 0 Å². The average molecular weight is 228 g/mol. The summed E-state index contributed by atoms with van der Waals surface area (Å²) in [5.74, 6) is 0.697. The first-order valence-electron chi connectivity index (χ1n) is 6.51. The maximum Gasteiger partial charge on any atom is 0.0594 e. The van der Waals surface area contributed by atoms with Crippen molar-refractivity contribution < 1.29 is 9.47 Å². The normalized spacial score (nSPS) is 29.4. The number of nitrogens with one attached hydrogen (secondary N) is 1. The van der Waals surface area contributed by atoms with Crippen LogP contribution in [-0.4, -0.2) is 63.5 Å². The Bertz CT molecular complexity index is 189. The molecule has 1 N–H and O–H groups in total. The molecule has 2 aliphatic rings. The van der Waals surface area contributed by atoms with E-state index in [4.69, 9.17) is 9.47 Å². The van der Waals surface area contributed by atoms with Gasteiger partial charge in [0.1, 0.15) is 0 Å². The van der Waals surface area contributed by atoms with E-state index in [2.05, 4.69) is 17.1 Å². The number of likely N-dealkylation sites (N-methyl/N-ethyl adjacent to an activating group) is 1. The Balaban J connectivity index is 1.80. The first-order valence-corrected chi connectivity index (χ1v) is 6.51. The van der Waals surface area contributed by atoms with Crippen molar-refractivity contribution >= 4 is 0 Å². The summed E-state index contributed by atoms with van der Waals surface area (Å²) in [7, 11) is 0. The third-order valence-electron chi connectivity index (χ3n) is 3.56. The summed E-state index contributed by atoms with van der Waals surface area (Å²) in [4.78, 5) is 2.51. The Morgan fingerprint density at radius 1 is 1.25 bits per heavy atom. The van der Waals surface area contributed by atoms with Crippen LogP contribution in [0.25, 0.3) is 0 Å². The van der Waals surface area contributed by atoms with Gasteiger partial charge in [0.15, 0.2) is 0 Å². The standard InChI is InChI=1S/C12H24N2O2/c1-2-13-12(11-3-6-16-10-11)9-14-4-7-15-8-5-14/h11-13H,2-10H2,1H3. The van der Waals surface area contributed by atoms with Crippen molar-refractivity contribution in [2.24, 2.45) is 5.92 Å². The molecule has 0 aromatic carbocycles. The Hall–Kier alpha value is -0.160. The van der Waals surface area contributed by atoms with Crippen molar-refractivity contribution in [3.05, 3.63) is 0 Å². The van der Waals surface area contributed by atoms with E-state index < -0.39 is 0 Å². The first-order chi connectivity index (χ1) is 7.90. The Kier molecular flexibility index (Phi) is 5.03. The highest BCUT2D eigenvalue weighted by atomic mass is 16.5. The van der Waals surface area contributed by atoms with Crippen molar-refractivity contribution in [2.45, 2.75) is 19.4 Å². The summed E-state index contributed by atoms with van der Waals surface area (Å²) >= 11 is 0. The topological polar surface area (TPSA) is 33.7 Å². The third-order valence-corrected chi connectivity index (χ3v) is 3.56. The van der Waals surface area contributed by atoms with Crippen LogP contribution in [0.3, 0.4) is 0 Å². The van der Waals surface area contributed by atoms with Gasteiger partial charge < -0.3 is 14.8 Å². The smallest absolute Gasteiger partial charge is 0.0594 e. The molecule has 0 amide bonds. The molecule has 2 atom stereocenters. The minimum Gasteiger partial charge on any atom is -0.381 e. The zero-order valence-corrected chi connectivity index (χ0v) is 10.3. The second kappa shape index (κ2) is 6.55. The lowest BCUT2D eigenvalue weighted by Crippen LogP contribution is -2.49. The maximum atomic E-state index is 5.49. The predicted octanol–water partition coefficient (Wildman–Crippen LogP) is 0.333. The molecule has 2 saturated heterocycles. The van der Waals surface area contributed by atoms with Crippen LogP contribution < -0.4 is 5.32 Å². The van der Waals surface area contributed by atoms with Gasteiger partial charge in [-0.15, -0.1) is 0 Å². The van der Waals surface area contributed by atoms with Crippen molar-refractivity contribution in [2.75, 3.05) is 52.6 Å². The molecule has 0 saturated carbocycles. The van der Waals surface area contributed by atoms with Gasteiger partial charge in [-0.1, -0.05) is 6.92 Å². The molecule has 2 heterocycles. The third kappa shape index (κ3) is 3.42. The Labute approximate surface area is 98.3 Å². The van der Waals surface area contributed by atoms with E-state index in [1.54, 1.807) is 0 Å². The van der Waals surface area contributed by atoms with Gasteiger partial charge in [0.2, 0.25) is 0 Å². The molecule has 2 fully saturated rings. The second-order valence-electron chi connectivity index (χ2n) is 4.70. The van der Waals surface area contributed by atoms with Crippen LogP contribution in [-0.2, 0) is 9.47 Å². The first kappa shape index (κ1) is 12.3. The molecule has 4 heteroatoms. The van der Waals surface area contributed by atoms with Crippen LogP contribution in [0.4, 0.5) is 0 Å². The van der Waals surface area contributed by atoms with Crippen LogP contribution in [0.5, 0.6) is 0 Å². The van der Waals surface area contributed by atoms with Gasteiger partial charge in [-0.05, 0) is 13.0 Å². The molecular weight excluding hydrogens is 204 g/mol. The molecule has 0 aromatic rings. The van der Waals surface area contributed by atoms with Gasteiger partial charge in [-0.2, -0.15) is 0 Å². The van der Waals surface area contributed by atoms with Crippen LogP contribution in [0.15, 0.2) is 0 Å². The zero-order valence-electron chi connectivity index (χ0n) is 10.3. The summed E-state index contributed by atoms with van der Waals surface area (Å²) in [6.07, 6.45) is 1.21. The molecule has 2 unspecified atom stereocenters. The van der Waals surface area contributed by atoms with Gasteiger partial charge >= 0.3 is 0 Å². The minimum atomic E-state index is 0.589. The van der Waals surface area contributed by atoms with E-state index in [0.717, 1.165) is 52.6 Å². The number of ether oxygens (including phenoxy) is 2. The summed E-state index contributed by atoms with van der Waals surface area (Å²) in [5, 5.41) is 3.61. The van der Waals surface area contributed by atoms with E-state index in [0.29, 0.717) is 12.0 Å². The van der Waals surface area contributed by atoms with Crippen molar-refractivity contribution in [1.29, 1.82) is 0 Å². The number of nitrogens with zero attached hydrogens (tertiary/aromatic N) is 1. The van der Waals surface area contributed by atoms with Gasteiger partial charge in [-0.25, -0.2) is 0 Å². The van der Waals surface area contributed by atoms with Crippen LogP contribution >= 0.6 is 0 Å². The molecule has 94 valence electrons. The summed E-state index contributed by atoms with van der Waals surface area (Å²) in [6.45, 7) is 10.2. The highest BCUT2D eigenvalue weighted by Gasteiger charge is 2.27. The minimum absolute atomic E-state index is 0.589. The average Bonchev–Trinajstić information content (AvgIpc) is 2.83. The number of rotatable bonds is 5. The lowest BCUT2D eigenvalue weighted by atomic mass is 9.98. The SMILES string of the molecule is CCNC(CN1CCOCC1)C1CCOC1. The molecule has 0 aromatic heterocycles. The van der Waals surface area contributed by atoms with E-state index in [-0.39, 0.29) is 0 Å². The predicted molar refractivity (Wildman–Crippen MR) is 63.6 cm³/mol. The van der Waals surface area contributed by atoms with E-state index in [9.17, 15) is 0 Å². The molecule has 0 radical (unpaired) electrons. The van der Waals surface area contributed by atoms with Gasteiger partial charge in [-0.3, -0.25) is 4.90 Å². The fraction of sp³-hybridized carbons (Fsp3) is 1.00. The molecule has 16 heavy (non-hydrogen) atoms. The molecule has 4 nitrogen and oxygen atoms in total. The highest BCUT2D eigenvalue weighted by molar-refractivity contribution is 4.82. The number of hydrogen-bond donors (Lipinski definition) is 1. The lowest BCUT2D eigenvalue weighted by molar-refractivity contribution is 0.0296. The summed E-state index contributed by atoms with van der Waals surface area (Å²) in [6, 6.07) is 0.589. The van der Waals surface area contributed by atoms with Gasteiger partial charge in [0.25, 0.3) is 0 Å². The monoisotopic (exact) mass is 228 g/mol. The Morgan fingerprint density at radius 3 is 2.69 bits per heavy atom. The summed E-state index contributed by atoms with van der Waals surface area (Å²) < 4.78 is 10.9. The molecule has 0 spiro atoms. The lowest BCUT2D eigenvalue weighted by Gasteiger charge is -2.33. The largest absolute Gasteiger partial charge is 0.381 e. The fourth-order valence-electron chi connectivity index (χ4n) is 2.57. The van der Waals surface area contributed by atoms with Crippen LogP contribution in [0.1, 0.15) is 13.3 Å². The molecule has 2 rings (SSSR count). The maximum absolute atomic E-state index is 5.49. The van der Waals surface area contributed by atoms with Crippen molar-refractivity contribution in [3.8, 4) is 0 Å². The fourth-order valence-corrected chi connectivity index (χ4v) is 2.57. The van der Waals surface area contributed by atoms with Gasteiger partial charge in [0.05, 0.1) is 19.8 Å². The summed E-state index contributed by atoms with van der Waals surface area (Å²) in [5.41, 5.74) is 0. The highest BCUT2D eigenvalue weighted by Crippen LogP contribution is 2.18. The molecule has 2 aliphatic heterocycles. The molecular formula is C12H24N2O2. The quantitative estimate of drug-likeness (QED) is 0.735. The van der Waals surface area contributed by atoms with E-state index in [1.165, 1.54) is 6.42 Å². The van der Waals surface area contributed by atoms with Crippen molar-refractivity contribution in [3.63, 3.8) is 0 Å². The van der Waals surface area contributed by atoms with Gasteiger partial charge in [0, 0.05) is 38.2 Å². The zero-order chi connectivity index (χ0) is 11.2. The second-order valence-corrected chi connectivity index (χ2v) is 4.70. The van der Waals surface area contributed by atoms with E-state index in [1.807, 2.05) is 0 Å². The van der Waals surface area contributed by atoms with E-state index >= 15 is 0 Å². The molecule has 0 bridgehead atoms. The Morgan fingerprint density at radius 2 is 2.06 bits per heavy atom. The van der Waals surface area contributed by atoms with Crippen LogP contribution in [0, 0.1) is 5.92 Å². The number of hydrogen-bond acceptors (Lipinski definition) is 4. The number of morpholine rings is 1. The molecule has 0 aliphatic carbocycles. The van der Waals surface area contributed by atoms with Crippen molar-refractivity contribution in [1.82, 2.24) is 10.2 Å².